The molecule has 3 aliphatic heterocycles. The molecule has 3 aliphatic rings. The summed E-state index contributed by atoms with van der Waals surface area (Å²) >= 11 is 0. The number of carbonyl (C=O) groups is 1. The Morgan fingerprint density at radius 1 is 1.20 bits per heavy atom. The molecule has 1 aromatic carbocycles. The van der Waals surface area contributed by atoms with Crippen molar-refractivity contribution >= 4 is 40.0 Å². The van der Waals surface area contributed by atoms with E-state index in [9.17, 15) is 13.6 Å². The van der Waals surface area contributed by atoms with Crippen molar-refractivity contribution in [3.63, 3.8) is 0 Å². The molecule has 3 aromatic heterocycles. The van der Waals surface area contributed by atoms with Crippen LogP contribution in [0, 0.1) is 12.3 Å². The quantitative estimate of drug-likeness (QED) is 0.258. The third-order valence-corrected chi connectivity index (χ3v) is 8.00. The molecule has 44 heavy (non-hydrogen) atoms. The van der Waals surface area contributed by atoms with Crippen LogP contribution in [0.15, 0.2) is 45.7 Å². The van der Waals surface area contributed by atoms with E-state index in [-0.39, 0.29) is 23.7 Å². The molecule has 0 aliphatic carbocycles. The minimum absolute atomic E-state index is 0.0872. The van der Waals surface area contributed by atoms with Gasteiger partial charge in [0.05, 0.1) is 25.9 Å². The van der Waals surface area contributed by atoms with Crippen molar-refractivity contribution in [1.82, 2.24) is 15.0 Å². The van der Waals surface area contributed by atoms with Crippen LogP contribution in [0.3, 0.4) is 0 Å². The number of alkyl halides is 2. The fourth-order valence-corrected chi connectivity index (χ4v) is 5.59. The molecule has 0 radical (unpaired) electrons. The van der Waals surface area contributed by atoms with Gasteiger partial charge in [-0.3, -0.25) is 9.59 Å². The lowest BCUT2D eigenvalue weighted by atomic mass is 9.90. The summed E-state index contributed by atoms with van der Waals surface area (Å²) in [5.41, 5.74) is 2.48. The van der Waals surface area contributed by atoms with E-state index in [1.165, 1.54) is 0 Å². The summed E-state index contributed by atoms with van der Waals surface area (Å²) < 4.78 is 44.5. The summed E-state index contributed by atoms with van der Waals surface area (Å²) in [4.78, 5) is 35.3. The van der Waals surface area contributed by atoms with Crippen LogP contribution < -0.4 is 15.4 Å². The molecule has 1 atom stereocenters. The first-order chi connectivity index (χ1) is 21.1. The van der Waals surface area contributed by atoms with Crippen LogP contribution in [0.5, 0.6) is 0 Å². The largest absolute Gasteiger partial charge is 0.483 e. The van der Waals surface area contributed by atoms with Gasteiger partial charge in [-0.05, 0) is 38.0 Å². The van der Waals surface area contributed by atoms with Gasteiger partial charge < -0.3 is 33.8 Å². The van der Waals surface area contributed by atoms with E-state index in [1.807, 2.05) is 29.2 Å². The number of carboxylic acid groups (broad SMARTS) is 1. The number of para-hydroxylation sites is 1. The Morgan fingerprint density at radius 3 is 2.55 bits per heavy atom. The number of H-pyrrole nitrogens is 1. The number of aromatic amines is 1. The predicted molar refractivity (Wildman–Crippen MR) is 160 cm³/mol. The van der Waals surface area contributed by atoms with E-state index >= 15 is 0 Å². The van der Waals surface area contributed by atoms with Gasteiger partial charge in [-0.25, -0.2) is 9.97 Å². The highest BCUT2D eigenvalue weighted by Gasteiger charge is 2.50. The second-order valence-corrected chi connectivity index (χ2v) is 10.9. The number of fused-ring (bicyclic) bond motifs is 3. The fraction of sp³-hybridized carbons (Fsp3) is 0.419. The van der Waals surface area contributed by atoms with Gasteiger partial charge in [0.25, 0.3) is 12.0 Å². The Labute approximate surface area is 251 Å². The second kappa shape index (κ2) is 12.6. The van der Waals surface area contributed by atoms with Crippen LogP contribution in [0.4, 0.5) is 20.3 Å². The summed E-state index contributed by atoms with van der Waals surface area (Å²) in [6.45, 7) is 6.67. The van der Waals surface area contributed by atoms with Crippen molar-refractivity contribution in [1.29, 1.82) is 0 Å². The van der Waals surface area contributed by atoms with Crippen molar-refractivity contribution in [3.05, 3.63) is 58.3 Å². The third kappa shape index (κ3) is 5.95. The van der Waals surface area contributed by atoms with Crippen LogP contribution in [-0.4, -0.2) is 77.6 Å². The second-order valence-electron chi connectivity index (χ2n) is 10.9. The average Bonchev–Trinajstić information content (AvgIpc) is 3.65. The van der Waals surface area contributed by atoms with Crippen molar-refractivity contribution in [2.75, 3.05) is 49.3 Å². The summed E-state index contributed by atoms with van der Waals surface area (Å²) in [6, 6.07) is 9.19. The fourth-order valence-electron chi connectivity index (χ4n) is 5.59. The Kier molecular flexibility index (Phi) is 8.85. The SMILES string of the molecule is C#Cc1c[nH]c(=O)c(N2CCOC3(COC3)C2C)c1.CC(F)(F)c1nc(N2CCCC2)c2oc3ccccc3c2n1.O=CO. The summed E-state index contributed by atoms with van der Waals surface area (Å²) in [5.74, 6) is -0.507. The molecular weight excluding hydrogens is 576 g/mol. The monoisotopic (exact) mass is 609 g/mol. The van der Waals surface area contributed by atoms with Crippen molar-refractivity contribution in [3.8, 4) is 12.3 Å². The van der Waals surface area contributed by atoms with Crippen LogP contribution in [0.2, 0.25) is 0 Å². The number of furan rings is 1. The molecule has 0 amide bonds. The number of ether oxygens (including phenoxy) is 2. The zero-order chi connectivity index (χ0) is 31.5. The predicted octanol–water partition coefficient (Wildman–Crippen LogP) is 4.14. The number of rotatable bonds is 3. The third-order valence-electron chi connectivity index (χ3n) is 8.00. The number of halogens is 2. The summed E-state index contributed by atoms with van der Waals surface area (Å²) in [5, 5.41) is 7.63. The number of hydrogen-bond donors (Lipinski definition) is 2. The molecule has 6 heterocycles. The number of terminal acetylenes is 1. The molecule has 0 saturated carbocycles. The molecule has 232 valence electrons. The molecule has 7 rings (SSSR count). The zero-order valence-electron chi connectivity index (χ0n) is 24.4. The Bertz CT molecular complexity index is 1730. The number of nitrogens with zero attached hydrogens (tertiary/aromatic N) is 4. The van der Waals surface area contributed by atoms with Crippen LogP contribution in [0.25, 0.3) is 22.1 Å². The smallest absolute Gasteiger partial charge is 0.303 e. The number of pyridine rings is 1. The minimum Gasteiger partial charge on any atom is -0.483 e. The molecule has 1 spiro atoms. The van der Waals surface area contributed by atoms with Crippen LogP contribution in [0.1, 0.15) is 38.1 Å². The maximum atomic E-state index is 13.8. The number of aromatic nitrogens is 3. The van der Waals surface area contributed by atoms with E-state index in [2.05, 4.69) is 32.7 Å². The van der Waals surface area contributed by atoms with Gasteiger partial charge in [0, 0.05) is 43.7 Å². The van der Waals surface area contributed by atoms with Crippen LogP contribution in [-0.2, 0) is 20.2 Å². The molecule has 13 heteroatoms. The maximum Gasteiger partial charge on any atom is 0.303 e. The lowest BCUT2D eigenvalue weighted by Gasteiger charge is -2.53. The topological polar surface area (TPSA) is 134 Å². The Morgan fingerprint density at radius 2 is 1.91 bits per heavy atom. The van der Waals surface area contributed by atoms with Crippen molar-refractivity contribution in [2.24, 2.45) is 0 Å². The summed E-state index contributed by atoms with van der Waals surface area (Å²) in [6.07, 6.45) is 9.01. The molecular formula is C31H33F2N5O6. The van der Waals surface area contributed by atoms with Gasteiger partial charge in [-0.1, -0.05) is 18.1 Å². The molecule has 11 nitrogen and oxygen atoms in total. The minimum atomic E-state index is -3.08. The van der Waals surface area contributed by atoms with E-state index in [4.69, 9.17) is 30.2 Å². The van der Waals surface area contributed by atoms with Crippen molar-refractivity contribution < 1.29 is 32.6 Å². The molecule has 3 fully saturated rings. The molecule has 1 unspecified atom stereocenters. The molecule has 3 saturated heterocycles. The lowest BCUT2D eigenvalue weighted by Crippen LogP contribution is -2.68. The Hall–Kier alpha value is -4.54. The Balaban J connectivity index is 0.000000162. The first-order valence-electron chi connectivity index (χ1n) is 14.2. The highest BCUT2D eigenvalue weighted by molar-refractivity contribution is 6.05. The van der Waals surface area contributed by atoms with Gasteiger partial charge in [0.1, 0.15) is 22.4 Å². The lowest BCUT2D eigenvalue weighted by molar-refractivity contribution is -0.228. The molecule has 4 aromatic rings. The van der Waals surface area contributed by atoms with Crippen molar-refractivity contribution in [2.45, 2.75) is 44.3 Å². The number of anilines is 2. The highest BCUT2D eigenvalue weighted by atomic mass is 19.3. The van der Waals surface area contributed by atoms with Gasteiger partial charge in [-0.2, -0.15) is 8.78 Å². The number of hydrogen-bond acceptors (Lipinski definition) is 9. The van der Waals surface area contributed by atoms with E-state index < -0.39 is 11.7 Å². The highest BCUT2D eigenvalue weighted by Crippen LogP contribution is 2.37. The maximum absolute atomic E-state index is 13.8. The normalized spacial score (nSPS) is 19.0. The van der Waals surface area contributed by atoms with E-state index in [0.29, 0.717) is 60.1 Å². The first-order valence-corrected chi connectivity index (χ1v) is 14.2. The van der Waals surface area contributed by atoms with Crippen LogP contribution >= 0.6 is 0 Å². The number of nitrogens with one attached hydrogen (secondary N) is 1. The van der Waals surface area contributed by atoms with E-state index in [0.717, 1.165) is 38.2 Å². The van der Waals surface area contributed by atoms with Gasteiger partial charge in [-0.15, -0.1) is 6.42 Å². The average molecular weight is 610 g/mol. The number of morpholine rings is 1. The van der Waals surface area contributed by atoms with Gasteiger partial charge in [0.2, 0.25) is 5.82 Å². The first kappa shape index (κ1) is 30.9. The molecule has 0 bridgehead atoms. The zero-order valence-corrected chi connectivity index (χ0v) is 24.4. The number of benzene rings is 1. The standard InChI is InChI=1S/C16H15F2N3O.C14H16N2O3.CH2O2/c1-16(17,18)15-19-12-10-6-2-3-7-11(10)22-13(12)14(20-15)21-8-4-5-9-21;1-3-11-6-12(13(17)15-7-11)16-4-5-19-14(10(16)2)8-18-9-14;2-1-3/h2-3,6-7H,4-5,8-9H2,1H3;1,6-7,10H,4-5,8-9H2,2H3,(H,15,17);1H,(H,2,3). The van der Waals surface area contributed by atoms with Gasteiger partial charge in [0.15, 0.2) is 11.4 Å². The van der Waals surface area contributed by atoms with E-state index in [1.54, 1.807) is 12.3 Å². The summed E-state index contributed by atoms with van der Waals surface area (Å²) in [7, 11) is 0. The van der Waals surface area contributed by atoms with Gasteiger partial charge >= 0.3 is 5.92 Å². The molecule has 2 N–H and O–H groups in total.